The number of nitrogens with two attached hydrogens (primary N) is 1. The molecular weight excluding hydrogens is 627 g/mol. The molecule has 2 bridgehead atoms. The van der Waals surface area contributed by atoms with Crippen LogP contribution in [-0.2, 0) is 52.4 Å². The second kappa shape index (κ2) is 11.0. The molecule has 1 fully saturated rings. The smallest absolute Gasteiger partial charge is 0.369 e. The van der Waals surface area contributed by atoms with Crippen LogP contribution in [0.15, 0.2) is 23.6 Å². The van der Waals surface area contributed by atoms with Crippen LogP contribution in [-0.4, -0.2) is 75.5 Å². The molecule has 220 valence electrons. The standard InChI is InChI=1S/C19H22FN9O8P2S2/c20-12-10-5-34-38(31,40)33-3-1-2-28-11(25-9-4-22-7-23-15(9)28)6-35-39(32,41)37-14(12)18(36-10)29-8-24-13-16(29)26-19(21)27-17(13)30/h4,7-8,10,12,14,18H,1-3,5-6H2,(H,31,40)(H,32,41)(H3,21,26,27,30)/t10-,12-,14-,18-,38?,39?/m1/s1. The molecule has 1 saturated heterocycles. The van der Waals surface area contributed by atoms with Crippen molar-refractivity contribution in [3.8, 4) is 0 Å². The SMILES string of the molecule is Nc1nc2c(ncn2[C@@H]2O[C@@H]3COP(=O)(S)OCCCn4c(nc5cncnc54)COP(O)(=S)O[C@@H]2[C@@H]3F)c(=O)[nH]1. The number of nitrogen functional groups attached to an aromatic ring is 1. The Labute approximate surface area is 239 Å². The van der Waals surface area contributed by atoms with Gasteiger partial charge >= 0.3 is 13.5 Å². The number of thiol groups is 1. The van der Waals surface area contributed by atoms with Crippen molar-refractivity contribution < 1.29 is 36.7 Å². The summed E-state index contributed by atoms with van der Waals surface area (Å²) in [6.45, 7) is -8.72. The monoisotopic (exact) mass is 649 g/mol. The summed E-state index contributed by atoms with van der Waals surface area (Å²) in [6.07, 6.45) is -2.05. The average molecular weight is 650 g/mol. The fourth-order valence-electron chi connectivity index (χ4n) is 4.50. The van der Waals surface area contributed by atoms with E-state index in [2.05, 4.69) is 42.2 Å². The van der Waals surface area contributed by atoms with Crippen molar-refractivity contribution in [3.63, 3.8) is 0 Å². The van der Waals surface area contributed by atoms with Crippen molar-refractivity contribution in [2.45, 2.75) is 44.2 Å². The third-order valence-electron chi connectivity index (χ3n) is 6.27. The number of aryl methyl sites for hydroxylation is 1. The van der Waals surface area contributed by atoms with Gasteiger partial charge in [-0.05, 0) is 18.2 Å². The lowest BCUT2D eigenvalue weighted by molar-refractivity contribution is -0.0453. The molecule has 0 radical (unpaired) electrons. The lowest BCUT2D eigenvalue weighted by Crippen LogP contribution is -2.32. The van der Waals surface area contributed by atoms with Crippen LogP contribution in [0.1, 0.15) is 18.5 Å². The molecule has 0 aliphatic carbocycles. The number of aromatic amines is 1. The van der Waals surface area contributed by atoms with Gasteiger partial charge in [0.15, 0.2) is 29.2 Å². The number of nitrogens with one attached hydrogen (secondary N) is 1. The first-order valence-corrected chi connectivity index (χ1v) is 17.2. The highest BCUT2D eigenvalue weighted by Crippen LogP contribution is 2.55. The summed E-state index contributed by atoms with van der Waals surface area (Å²) in [6, 6.07) is 0. The minimum absolute atomic E-state index is 0.0363. The van der Waals surface area contributed by atoms with E-state index in [4.69, 9.17) is 40.4 Å². The fourth-order valence-corrected chi connectivity index (χ4v) is 7.03. The van der Waals surface area contributed by atoms with Gasteiger partial charge in [-0.2, -0.15) is 4.98 Å². The number of aromatic nitrogens is 8. The molecule has 22 heteroatoms. The number of fused-ring (bicyclic) bond motifs is 6. The minimum Gasteiger partial charge on any atom is -0.369 e. The number of nitrogens with zero attached hydrogens (tertiary/aromatic N) is 7. The van der Waals surface area contributed by atoms with Gasteiger partial charge in [0.05, 0.1) is 25.7 Å². The molecule has 2 aliphatic rings. The summed E-state index contributed by atoms with van der Waals surface area (Å²) in [5, 5.41) is 0. The molecule has 6 atom stereocenters. The van der Waals surface area contributed by atoms with Crippen molar-refractivity contribution in [1.29, 1.82) is 0 Å². The van der Waals surface area contributed by atoms with Crippen LogP contribution in [0.25, 0.3) is 22.3 Å². The van der Waals surface area contributed by atoms with Gasteiger partial charge in [0.1, 0.15) is 36.5 Å². The van der Waals surface area contributed by atoms with Crippen molar-refractivity contribution >= 4 is 65.8 Å². The van der Waals surface area contributed by atoms with Gasteiger partial charge in [-0.25, -0.2) is 28.9 Å². The molecule has 4 N–H and O–H groups in total. The second-order valence-electron chi connectivity index (χ2n) is 8.96. The lowest BCUT2D eigenvalue weighted by Gasteiger charge is -2.25. The number of H-pyrrole nitrogens is 1. The number of imidazole rings is 2. The van der Waals surface area contributed by atoms with Crippen molar-refractivity contribution in [1.82, 2.24) is 39.0 Å². The zero-order chi connectivity index (χ0) is 28.9. The summed E-state index contributed by atoms with van der Waals surface area (Å²) in [5.41, 5.74) is 5.82. The predicted molar refractivity (Wildman–Crippen MR) is 146 cm³/mol. The molecule has 2 unspecified atom stereocenters. The van der Waals surface area contributed by atoms with Gasteiger partial charge in [0.25, 0.3) is 5.56 Å². The number of anilines is 1. The van der Waals surface area contributed by atoms with Gasteiger partial charge in [0, 0.05) is 6.54 Å². The van der Waals surface area contributed by atoms with Gasteiger partial charge < -0.3 is 29.0 Å². The van der Waals surface area contributed by atoms with Crippen LogP contribution < -0.4 is 11.3 Å². The highest BCUT2D eigenvalue weighted by atomic mass is 32.7. The Morgan fingerprint density at radius 3 is 2.90 bits per heavy atom. The highest BCUT2D eigenvalue weighted by Gasteiger charge is 2.50. The maximum absolute atomic E-state index is 15.9. The Kier molecular flexibility index (Phi) is 7.73. The van der Waals surface area contributed by atoms with E-state index in [-0.39, 0.29) is 30.3 Å². The molecule has 0 amide bonds. The number of rotatable bonds is 1. The number of halogens is 1. The van der Waals surface area contributed by atoms with Gasteiger partial charge in [-0.15, -0.1) is 0 Å². The van der Waals surface area contributed by atoms with Crippen LogP contribution in [0, 0.1) is 0 Å². The molecule has 0 aromatic carbocycles. The lowest BCUT2D eigenvalue weighted by atomic mass is 10.1. The molecule has 2 aliphatic heterocycles. The maximum atomic E-state index is 15.9. The largest absolute Gasteiger partial charge is 0.386 e. The molecule has 6 heterocycles. The van der Waals surface area contributed by atoms with Gasteiger partial charge in [-0.3, -0.25) is 23.4 Å². The van der Waals surface area contributed by atoms with E-state index in [1.807, 2.05) is 0 Å². The Morgan fingerprint density at radius 1 is 1.24 bits per heavy atom. The number of hydrogen-bond acceptors (Lipinski definition) is 14. The number of hydrogen-bond donors (Lipinski definition) is 4. The summed E-state index contributed by atoms with van der Waals surface area (Å²) < 4.78 is 59.3. The van der Waals surface area contributed by atoms with Gasteiger partial charge in [-0.1, -0.05) is 12.2 Å². The fraction of sp³-hybridized carbons (Fsp3) is 0.474. The quantitative estimate of drug-likeness (QED) is 0.169. The van der Waals surface area contributed by atoms with Crippen LogP contribution in [0.3, 0.4) is 0 Å². The van der Waals surface area contributed by atoms with E-state index in [0.717, 1.165) is 0 Å². The van der Waals surface area contributed by atoms with Crippen molar-refractivity contribution in [2.75, 3.05) is 18.9 Å². The highest BCUT2D eigenvalue weighted by molar-refractivity contribution is 8.44. The van der Waals surface area contributed by atoms with E-state index >= 15 is 4.39 Å². The normalized spacial score (nSPS) is 31.9. The zero-order valence-corrected chi connectivity index (χ0v) is 24.2. The van der Waals surface area contributed by atoms with Crippen LogP contribution in [0.2, 0.25) is 0 Å². The topological polar surface area (TPSA) is 217 Å². The Balaban J connectivity index is 1.37. The third-order valence-corrected chi connectivity index (χ3v) is 9.49. The van der Waals surface area contributed by atoms with E-state index in [9.17, 15) is 14.3 Å². The van der Waals surface area contributed by atoms with E-state index in [0.29, 0.717) is 30.0 Å². The van der Waals surface area contributed by atoms with Crippen molar-refractivity contribution in [2.24, 2.45) is 0 Å². The summed E-state index contributed by atoms with van der Waals surface area (Å²) in [5.74, 6) is 0.0939. The molecule has 4 aromatic rings. The minimum atomic E-state index is -4.17. The Morgan fingerprint density at radius 2 is 2.07 bits per heavy atom. The van der Waals surface area contributed by atoms with E-state index in [1.165, 1.54) is 23.4 Å². The Hall–Kier alpha value is -2.38. The van der Waals surface area contributed by atoms with Crippen LogP contribution in [0.4, 0.5) is 10.3 Å². The third kappa shape index (κ3) is 5.81. The molecule has 4 aromatic heterocycles. The number of alkyl halides is 1. The molecule has 0 saturated carbocycles. The first kappa shape index (κ1) is 28.7. The summed E-state index contributed by atoms with van der Waals surface area (Å²) >= 11 is 9.21. The second-order valence-corrected chi connectivity index (χ2v) is 14.7. The Bertz CT molecular complexity index is 1770. The zero-order valence-electron chi connectivity index (χ0n) is 20.7. The maximum Gasteiger partial charge on any atom is 0.386 e. The average Bonchev–Trinajstić information content (AvgIpc) is 3.58. The molecule has 41 heavy (non-hydrogen) atoms. The van der Waals surface area contributed by atoms with Crippen molar-refractivity contribution in [3.05, 3.63) is 35.0 Å². The predicted octanol–water partition coefficient (Wildman–Crippen LogP) is 1.37. The molecule has 17 nitrogen and oxygen atoms in total. The summed E-state index contributed by atoms with van der Waals surface area (Å²) in [7, 11) is 0. The number of ether oxygens (including phenoxy) is 1. The van der Waals surface area contributed by atoms with Crippen LogP contribution >= 0.6 is 25.8 Å². The summed E-state index contributed by atoms with van der Waals surface area (Å²) in [4.78, 5) is 46.3. The van der Waals surface area contributed by atoms with Gasteiger partial charge in [0.2, 0.25) is 5.95 Å². The molecular formula is C19H22FN9O8P2S2. The first-order valence-electron chi connectivity index (χ1n) is 12.0. The molecule has 0 spiro atoms. The van der Waals surface area contributed by atoms with Crippen LogP contribution in [0.5, 0.6) is 0 Å². The van der Waals surface area contributed by atoms with E-state index in [1.54, 1.807) is 4.57 Å². The molecule has 6 rings (SSSR count). The van der Waals surface area contributed by atoms with E-state index < -0.39 is 50.3 Å². The first-order chi connectivity index (χ1) is 19.5.